The van der Waals surface area contributed by atoms with Gasteiger partial charge in [0.05, 0.1) is 15.9 Å². The van der Waals surface area contributed by atoms with Crippen LogP contribution in [-0.2, 0) is 4.74 Å². The first-order chi connectivity index (χ1) is 17.1. The number of hydrogen-bond acceptors (Lipinski definition) is 5. The summed E-state index contributed by atoms with van der Waals surface area (Å²) in [7, 11) is 0. The third-order valence-electron chi connectivity index (χ3n) is 7.69. The molecule has 4 aromatic rings. The van der Waals surface area contributed by atoms with E-state index in [2.05, 4.69) is 54.2 Å². The second kappa shape index (κ2) is 8.33. The minimum absolute atomic E-state index is 0.141. The van der Waals surface area contributed by atoms with Gasteiger partial charge in [-0.1, -0.05) is 13.8 Å². The van der Waals surface area contributed by atoms with Crippen LogP contribution in [0, 0.1) is 6.92 Å². The molecule has 0 aliphatic carbocycles. The van der Waals surface area contributed by atoms with Crippen molar-refractivity contribution in [2.24, 2.45) is 0 Å². The molecule has 4 aromatic heterocycles. The Bertz CT molecular complexity index is 1440. The lowest BCUT2D eigenvalue weighted by Crippen LogP contribution is -2.48. The normalized spacial score (nSPS) is 22.3. The fourth-order valence-corrected chi connectivity index (χ4v) is 7.69. The van der Waals surface area contributed by atoms with Gasteiger partial charge in [0.2, 0.25) is 0 Å². The van der Waals surface area contributed by atoms with Crippen molar-refractivity contribution in [2.75, 3.05) is 0 Å². The molecule has 2 bridgehead atoms. The van der Waals surface area contributed by atoms with Gasteiger partial charge in [-0.05, 0) is 88.5 Å². The van der Waals surface area contributed by atoms with Crippen LogP contribution in [0.2, 0.25) is 0 Å². The zero-order valence-corrected chi connectivity index (χ0v) is 22.8. The number of H-pyrrole nitrogens is 1. The third kappa shape index (κ3) is 3.90. The van der Waals surface area contributed by atoms with E-state index in [1.807, 2.05) is 41.5 Å². The molecule has 0 radical (unpaired) electrons. The van der Waals surface area contributed by atoms with Crippen LogP contribution < -0.4 is 0 Å². The van der Waals surface area contributed by atoms with Crippen LogP contribution in [0.25, 0.3) is 27.1 Å². The molecule has 8 heteroatoms. The number of carbonyl (C=O) groups excluding carboxylic acids is 1. The standard InChI is InChI=1S/C28H35N5O2S/c1-15(2)23-24(18-9-16(3)26-29-14-30-32(26)13-18)31-21-12-22(36-25(21)23)17-10-19-7-8-20(11-17)33(19)27(34)35-28(4,5)6/h9,12-15,17,19-20,31H,7-8,10-11H2,1-6H3/t17?,19-,20+. The van der Waals surface area contributed by atoms with Gasteiger partial charge in [-0.3, -0.25) is 0 Å². The second-order valence-electron chi connectivity index (χ2n) is 11.8. The molecule has 2 aliphatic heterocycles. The van der Waals surface area contributed by atoms with E-state index in [0.717, 1.165) is 42.5 Å². The van der Waals surface area contributed by atoms with E-state index < -0.39 is 5.60 Å². The summed E-state index contributed by atoms with van der Waals surface area (Å²) >= 11 is 1.93. The second-order valence-corrected chi connectivity index (χ2v) is 12.9. The molecule has 1 N–H and O–H groups in total. The van der Waals surface area contributed by atoms with E-state index in [1.165, 1.54) is 26.4 Å². The summed E-state index contributed by atoms with van der Waals surface area (Å²) in [5.41, 5.74) is 6.46. The number of aromatic amines is 1. The molecule has 2 aliphatic rings. The first-order valence-corrected chi connectivity index (χ1v) is 13.9. The Morgan fingerprint density at radius 3 is 2.58 bits per heavy atom. The lowest BCUT2D eigenvalue weighted by Gasteiger charge is -2.39. The van der Waals surface area contributed by atoms with Crippen molar-refractivity contribution in [3.8, 4) is 11.3 Å². The third-order valence-corrected chi connectivity index (χ3v) is 9.02. The molecular formula is C28H35N5O2S. The topological polar surface area (TPSA) is 75.5 Å². The highest BCUT2D eigenvalue weighted by Crippen LogP contribution is 2.48. The molecule has 0 spiro atoms. The zero-order valence-electron chi connectivity index (χ0n) is 22.0. The minimum atomic E-state index is -0.456. The maximum atomic E-state index is 12.9. The van der Waals surface area contributed by atoms with E-state index in [0.29, 0.717) is 11.8 Å². The number of thiophene rings is 1. The van der Waals surface area contributed by atoms with Gasteiger partial charge in [-0.2, -0.15) is 5.10 Å². The van der Waals surface area contributed by atoms with Crippen LogP contribution in [0.3, 0.4) is 0 Å². The number of rotatable bonds is 3. The minimum Gasteiger partial charge on any atom is -0.444 e. The van der Waals surface area contributed by atoms with Gasteiger partial charge in [-0.15, -0.1) is 11.3 Å². The van der Waals surface area contributed by atoms with Gasteiger partial charge >= 0.3 is 6.09 Å². The molecule has 2 saturated heterocycles. The van der Waals surface area contributed by atoms with Crippen molar-refractivity contribution >= 4 is 33.3 Å². The van der Waals surface area contributed by atoms with Gasteiger partial charge < -0.3 is 14.6 Å². The molecule has 0 saturated carbocycles. The van der Waals surface area contributed by atoms with Crippen LogP contribution in [0.5, 0.6) is 0 Å². The summed E-state index contributed by atoms with van der Waals surface area (Å²) in [6.45, 7) is 12.5. The number of piperidine rings is 1. The first kappa shape index (κ1) is 23.5. The van der Waals surface area contributed by atoms with Gasteiger partial charge in [0.25, 0.3) is 0 Å². The number of nitrogens with zero attached hydrogens (tertiary/aromatic N) is 4. The number of nitrogens with one attached hydrogen (secondary N) is 1. The summed E-state index contributed by atoms with van der Waals surface area (Å²) in [6, 6.07) is 5.13. The number of hydrogen-bond donors (Lipinski definition) is 1. The summed E-state index contributed by atoms with van der Waals surface area (Å²) < 4.78 is 8.96. The van der Waals surface area contributed by atoms with E-state index in [-0.39, 0.29) is 18.2 Å². The summed E-state index contributed by atoms with van der Waals surface area (Å²) in [5.74, 6) is 0.876. The van der Waals surface area contributed by atoms with Gasteiger partial charge in [0.1, 0.15) is 11.9 Å². The average Bonchev–Trinajstić information content (AvgIpc) is 3.53. The van der Waals surface area contributed by atoms with Crippen molar-refractivity contribution in [2.45, 2.75) is 96.7 Å². The number of fused-ring (bicyclic) bond motifs is 4. The highest BCUT2D eigenvalue weighted by molar-refractivity contribution is 7.19. The number of pyridine rings is 1. The Labute approximate surface area is 215 Å². The molecule has 1 amide bonds. The van der Waals surface area contributed by atoms with E-state index in [9.17, 15) is 4.79 Å². The molecule has 1 unspecified atom stereocenters. The lowest BCUT2D eigenvalue weighted by molar-refractivity contribution is 0.00596. The Morgan fingerprint density at radius 2 is 1.92 bits per heavy atom. The molecule has 3 atom stereocenters. The Balaban J connectivity index is 1.31. The number of carbonyl (C=O) groups is 1. The van der Waals surface area contributed by atoms with E-state index in [1.54, 1.807) is 6.33 Å². The van der Waals surface area contributed by atoms with Crippen molar-refractivity contribution in [1.29, 1.82) is 0 Å². The van der Waals surface area contributed by atoms with Crippen molar-refractivity contribution in [3.63, 3.8) is 0 Å². The Hall–Kier alpha value is -2.87. The Kier molecular flexibility index (Phi) is 5.44. The summed E-state index contributed by atoms with van der Waals surface area (Å²) in [5, 5.41) is 4.37. The fraction of sp³-hybridized carbons (Fsp3) is 0.536. The Morgan fingerprint density at radius 1 is 1.19 bits per heavy atom. The molecule has 6 rings (SSSR count). The molecule has 36 heavy (non-hydrogen) atoms. The van der Waals surface area contributed by atoms with Crippen LogP contribution in [0.1, 0.15) is 88.1 Å². The molecule has 6 heterocycles. The van der Waals surface area contributed by atoms with E-state index >= 15 is 0 Å². The number of ether oxygens (including phenoxy) is 1. The molecule has 7 nitrogen and oxygen atoms in total. The van der Waals surface area contributed by atoms with Gasteiger partial charge in [0, 0.05) is 28.7 Å². The van der Waals surface area contributed by atoms with Crippen molar-refractivity contribution < 1.29 is 9.53 Å². The quantitative estimate of drug-likeness (QED) is 0.325. The lowest BCUT2D eigenvalue weighted by atomic mass is 9.89. The highest BCUT2D eigenvalue weighted by Gasteiger charge is 2.45. The predicted octanol–water partition coefficient (Wildman–Crippen LogP) is 7.02. The average molecular weight is 506 g/mol. The summed E-state index contributed by atoms with van der Waals surface area (Å²) in [4.78, 5) is 24.5. The molecule has 190 valence electrons. The SMILES string of the molecule is Cc1cc(-c2[nH]c3cc(C4C[C@H]5CC[C@@H](C4)N5C(=O)OC(C)(C)C)sc3c2C(C)C)cn2ncnc12. The van der Waals surface area contributed by atoms with Crippen LogP contribution in [0.4, 0.5) is 4.79 Å². The molecular weight excluding hydrogens is 470 g/mol. The highest BCUT2D eigenvalue weighted by atomic mass is 32.1. The molecule has 0 aromatic carbocycles. The maximum absolute atomic E-state index is 12.9. The number of aromatic nitrogens is 4. The first-order valence-electron chi connectivity index (χ1n) is 13.1. The maximum Gasteiger partial charge on any atom is 0.410 e. The monoisotopic (exact) mass is 505 g/mol. The van der Waals surface area contributed by atoms with Gasteiger partial charge in [0.15, 0.2) is 5.65 Å². The van der Waals surface area contributed by atoms with Crippen molar-refractivity contribution in [1.82, 2.24) is 24.5 Å². The fourth-order valence-electron chi connectivity index (χ4n) is 6.25. The van der Waals surface area contributed by atoms with Crippen LogP contribution in [-0.4, -0.2) is 48.3 Å². The number of aryl methyl sites for hydroxylation is 1. The van der Waals surface area contributed by atoms with E-state index in [4.69, 9.17) is 4.74 Å². The smallest absolute Gasteiger partial charge is 0.410 e. The summed E-state index contributed by atoms with van der Waals surface area (Å²) in [6.07, 6.45) is 7.73. The largest absolute Gasteiger partial charge is 0.444 e. The predicted molar refractivity (Wildman–Crippen MR) is 144 cm³/mol. The van der Waals surface area contributed by atoms with Crippen molar-refractivity contribution in [3.05, 3.63) is 40.7 Å². The van der Waals surface area contributed by atoms with Crippen LogP contribution >= 0.6 is 11.3 Å². The van der Waals surface area contributed by atoms with Crippen LogP contribution in [0.15, 0.2) is 24.7 Å². The van der Waals surface area contributed by atoms with Gasteiger partial charge in [-0.25, -0.2) is 14.3 Å². The zero-order chi connectivity index (χ0) is 25.4. The molecule has 2 fully saturated rings. The number of amides is 1.